The molecule has 0 rings (SSSR count). The summed E-state index contributed by atoms with van der Waals surface area (Å²) < 4.78 is 11.2. The minimum atomic E-state index is -0.688. The first-order valence-corrected chi connectivity index (χ1v) is 12.4. The molecule has 0 radical (unpaired) electrons. The molecule has 8 nitrogen and oxygen atoms in total. The quantitative estimate of drug-likeness (QED) is 0.403. The van der Waals surface area contributed by atoms with E-state index < -0.39 is 17.7 Å². The number of nitrogens with one attached hydrogen (secondary N) is 1. The van der Waals surface area contributed by atoms with Gasteiger partial charge in [-0.25, -0.2) is 0 Å². The van der Waals surface area contributed by atoms with E-state index in [1.54, 1.807) is 19.1 Å². The number of methoxy groups -OCH3 is 1. The van der Waals surface area contributed by atoms with Gasteiger partial charge >= 0.3 is 5.97 Å². The zero-order valence-electron chi connectivity index (χ0n) is 23.9. The SMILES string of the molecule is CO[C@H](CC(=O)OC(C)(C)C)[C@H](CC(C)C)N(C)C(=O)[C@@H](NC(=O)[C@H](C(C)C)N(C)C)C(C)C. The maximum absolute atomic E-state index is 13.7. The molecule has 1 N–H and O–H groups in total. The van der Waals surface area contributed by atoms with E-state index in [0.717, 1.165) is 0 Å². The van der Waals surface area contributed by atoms with E-state index in [1.165, 1.54) is 0 Å². The monoisotopic (exact) mass is 485 g/mol. The Balaban J connectivity index is 5.85. The summed E-state index contributed by atoms with van der Waals surface area (Å²) in [5.74, 6) is -0.480. The molecule has 0 heterocycles. The van der Waals surface area contributed by atoms with Gasteiger partial charge in [0.25, 0.3) is 0 Å². The molecule has 200 valence electrons. The predicted octanol–water partition coefficient (Wildman–Crippen LogP) is 3.33. The van der Waals surface area contributed by atoms with Crippen molar-refractivity contribution in [3.8, 4) is 0 Å². The van der Waals surface area contributed by atoms with Gasteiger partial charge < -0.3 is 19.7 Å². The van der Waals surface area contributed by atoms with Gasteiger partial charge in [0.2, 0.25) is 11.8 Å². The van der Waals surface area contributed by atoms with E-state index in [-0.39, 0.29) is 54.0 Å². The van der Waals surface area contributed by atoms with Crippen molar-refractivity contribution in [2.24, 2.45) is 17.8 Å². The number of carbonyl (C=O) groups is 3. The fraction of sp³-hybridized carbons (Fsp3) is 0.885. The largest absolute Gasteiger partial charge is 0.460 e. The van der Waals surface area contributed by atoms with Gasteiger partial charge in [0, 0.05) is 14.2 Å². The van der Waals surface area contributed by atoms with Crippen molar-refractivity contribution in [3.05, 3.63) is 0 Å². The highest BCUT2D eigenvalue weighted by Crippen LogP contribution is 2.22. The molecule has 0 aromatic carbocycles. The molecule has 0 aromatic rings. The number of ether oxygens (including phenoxy) is 2. The standard InChI is InChI=1S/C26H51N3O5/c1-16(2)14-19(20(33-13)15-21(30)34-26(7,8)9)29(12)25(32)22(17(3)4)27-24(31)23(18(5)6)28(10)11/h16-20,22-23H,14-15H2,1-13H3,(H,27,31)/t19-,20+,22-,23-/m0/s1. The molecule has 4 atom stereocenters. The Hall–Kier alpha value is -1.67. The van der Waals surface area contributed by atoms with E-state index in [1.807, 2.05) is 67.5 Å². The second-order valence-electron chi connectivity index (χ2n) is 11.6. The number of likely N-dealkylation sites (N-methyl/N-ethyl adjacent to an activating group) is 2. The average Bonchev–Trinajstić information content (AvgIpc) is 2.65. The molecule has 0 spiro atoms. The zero-order chi connectivity index (χ0) is 27.0. The number of hydrogen-bond acceptors (Lipinski definition) is 6. The third-order valence-corrected chi connectivity index (χ3v) is 5.76. The van der Waals surface area contributed by atoms with Crippen molar-refractivity contribution in [1.29, 1.82) is 0 Å². The maximum Gasteiger partial charge on any atom is 0.309 e. The Morgan fingerprint density at radius 1 is 0.912 bits per heavy atom. The molecular weight excluding hydrogens is 434 g/mol. The molecule has 8 heteroatoms. The van der Waals surface area contributed by atoms with Crippen LogP contribution < -0.4 is 5.32 Å². The topological polar surface area (TPSA) is 88.2 Å². The Bertz CT molecular complexity index is 647. The van der Waals surface area contributed by atoms with E-state index in [9.17, 15) is 14.4 Å². The van der Waals surface area contributed by atoms with Gasteiger partial charge in [0.05, 0.1) is 24.6 Å². The molecule has 0 aliphatic heterocycles. The number of rotatable bonds is 13. The molecule has 0 aliphatic carbocycles. The van der Waals surface area contributed by atoms with Crippen LogP contribution in [0.1, 0.15) is 75.2 Å². The van der Waals surface area contributed by atoms with Crippen LogP contribution in [0.15, 0.2) is 0 Å². The Morgan fingerprint density at radius 2 is 1.44 bits per heavy atom. The second kappa shape index (κ2) is 14.0. The molecule has 0 aliphatic rings. The molecule has 0 saturated carbocycles. The summed E-state index contributed by atoms with van der Waals surface area (Å²) in [6.07, 6.45) is 0.159. The van der Waals surface area contributed by atoms with E-state index in [2.05, 4.69) is 19.2 Å². The number of nitrogens with zero attached hydrogens (tertiary/aromatic N) is 2. The number of carbonyl (C=O) groups excluding carboxylic acids is 3. The maximum atomic E-state index is 13.7. The first-order valence-electron chi connectivity index (χ1n) is 12.4. The first kappa shape index (κ1) is 32.3. The van der Waals surface area contributed by atoms with Gasteiger partial charge in [-0.05, 0) is 59.0 Å². The van der Waals surface area contributed by atoms with Crippen molar-refractivity contribution in [2.75, 3.05) is 28.3 Å². The van der Waals surface area contributed by atoms with Crippen LogP contribution in [0.2, 0.25) is 0 Å². The van der Waals surface area contributed by atoms with Gasteiger partial charge in [-0.15, -0.1) is 0 Å². The van der Waals surface area contributed by atoms with Gasteiger partial charge in [-0.1, -0.05) is 41.5 Å². The highest BCUT2D eigenvalue weighted by Gasteiger charge is 2.37. The van der Waals surface area contributed by atoms with E-state index in [0.29, 0.717) is 6.42 Å². The summed E-state index contributed by atoms with van der Waals surface area (Å²) in [4.78, 5) is 42.8. The molecule has 0 saturated heterocycles. The first-order chi connectivity index (χ1) is 15.4. The normalized spacial score (nSPS) is 15.9. The van der Waals surface area contributed by atoms with Gasteiger partial charge in [-0.3, -0.25) is 19.3 Å². The smallest absolute Gasteiger partial charge is 0.309 e. The lowest BCUT2D eigenvalue weighted by atomic mass is 9.93. The Morgan fingerprint density at radius 3 is 1.79 bits per heavy atom. The summed E-state index contributed by atoms with van der Waals surface area (Å²) in [5.41, 5.74) is -0.600. The average molecular weight is 486 g/mol. The van der Waals surface area contributed by atoms with Crippen LogP contribution in [0.3, 0.4) is 0 Å². The summed E-state index contributed by atoms with van der Waals surface area (Å²) in [5, 5.41) is 2.99. The molecule has 0 bridgehead atoms. The molecule has 0 unspecified atom stereocenters. The van der Waals surface area contributed by atoms with Crippen LogP contribution in [0.5, 0.6) is 0 Å². The van der Waals surface area contributed by atoms with Crippen LogP contribution in [-0.4, -0.2) is 85.7 Å². The number of hydrogen-bond donors (Lipinski definition) is 1. The van der Waals surface area contributed by atoms with Crippen LogP contribution in [0.4, 0.5) is 0 Å². The Labute approximate surface area is 208 Å². The van der Waals surface area contributed by atoms with Crippen molar-refractivity contribution in [2.45, 2.75) is 105 Å². The lowest BCUT2D eigenvalue weighted by molar-refractivity contribution is -0.160. The van der Waals surface area contributed by atoms with Gasteiger partial charge in [-0.2, -0.15) is 0 Å². The minimum Gasteiger partial charge on any atom is -0.460 e. The fourth-order valence-electron chi connectivity index (χ4n) is 4.23. The van der Waals surface area contributed by atoms with Crippen LogP contribution in [0.25, 0.3) is 0 Å². The molecular formula is C26H51N3O5. The van der Waals surface area contributed by atoms with Crippen LogP contribution in [-0.2, 0) is 23.9 Å². The lowest BCUT2D eigenvalue weighted by Gasteiger charge is -2.38. The number of esters is 1. The molecule has 0 fully saturated rings. The van der Waals surface area contributed by atoms with Crippen LogP contribution in [0, 0.1) is 17.8 Å². The Kier molecular flexibility index (Phi) is 13.3. The zero-order valence-corrected chi connectivity index (χ0v) is 23.9. The third-order valence-electron chi connectivity index (χ3n) is 5.76. The molecule has 2 amide bonds. The summed E-state index contributed by atoms with van der Waals surface area (Å²) in [7, 11) is 7.00. The van der Waals surface area contributed by atoms with Gasteiger partial charge in [0.15, 0.2) is 0 Å². The van der Waals surface area contributed by atoms with Gasteiger partial charge in [0.1, 0.15) is 11.6 Å². The van der Waals surface area contributed by atoms with E-state index in [4.69, 9.17) is 9.47 Å². The number of amides is 2. The highest BCUT2D eigenvalue weighted by atomic mass is 16.6. The molecule has 0 aromatic heterocycles. The predicted molar refractivity (Wildman–Crippen MR) is 136 cm³/mol. The summed E-state index contributed by atoms with van der Waals surface area (Å²) >= 11 is 0. The van der Waals surface area contributed by atoms with E-state index >= 15 is 0 Å². The lowest BCUT2D eigenvalue weighted by Crippen LogP contribution is -2.58. The summed E-state index contributed by atoms with van der Waals surface area (Å²) in [6.45, 7) is 17.4. The summed E-state index contributed by atoms with van der Waals surface area (Å²) in [6, 6.07) is -1.38. The fourth-order valence-corrected chi connectivity index (χ4v) is 4.23. The highest BCUT2D eigenvalue weighted by molar-refractivity contribution is 5.90. The second-order valence-corrected chi connectivity index (χ2v) is 11.6. The van der Waals surface area contributed by atoms with Crippen molar-refractivity contribution < 1.29 is 23.9 Å². The van der Waals surface area contributed by atoms with Crippen molar-refractivity contribution in [1.82, 2.24) is 15.1 Å². The van der Waals surface area contributed by atoms with Crippen molar-refractivity contribution >= 4 is 17.8 Å². The third kappa shape index (κ3) is 10.7. The van der Waals surface area contributed by atoms with Crippen molar-refractivity contribution in [3.63, 3.8) is 0 Å². The molecule has 34 heavy (non-hydrogen) atoms. The van der Waals surface area contributed by atoms with Crippen LogP contribution >= 0.6 is 0 Å². The minimum absolute atomic E-state index is 0.0392.